The van der Waals surface area contributed by atoms with Crippen molar-refractivity contribution in [3.05, 3.63) is 26.6 Å². The molecule has 0 N–H and O–H groups in total. The zero-order valence-electron chi connectivity index (χ0n) is 9.08. The minimum absolute atomic E-state index is 0.201. The van der Waals surface area contributed by atoms with E-state index in [4.69, 9.17) is 15.8 Å². The highest BCUT2D eigenvalue weighted by Crippen LogP contribution is 2.36. The molecule has 0 heterocycles. The average molecular weight is 408 g/mol. The highest BCUT2D eigenvalue weighted by atomic mass is 79.9. The van der Waals surface area contributed by atoms with Crippen molar-refractivity contribution in [3.63, 3.8) is 0 Å². The fourth-order valence-corrected chi connectivity index (χ4v) is 3.30. The maximum atomic E-state index is 11.6. The lowest BCUT2D eigenvalue weighted by molar-refractivity contribution is 0.419. The number of benzene rings is 1. The van der Waals surface area contributed by atoms with E-state index in [-0.39, 0.29) is 5.75 Å². The van der Waals surface area contributed by atoms with Crippen LogP contribution in [0.25, 0.3) is 0 Å². The predicted octanol–water partition coefficient (Wildman–Crippen LogP) is 3.14. The van der Waals surface area contributed by atoms with Crippen molar-refractivity contribution in [1.82, 2.24) is 4.31 Å². The minimum Gasteiger partial charge on any atom is -0.368 e. The molecule has 0 spiro atoms. The SMILES string of the molecule is CN(C)S(=O)(=O)Oc1c(Br)cc(CCl)cc1Br. The molecule has 1 aromatic carbocycles. The fraction of sp³-hybridized carbons (Fsp3) is 0.333. The van der Waals surface area contributed by atoms with E-state index in [0.29, 0.717) is 14.8 Å². The van der Waals surface area contributed by atoms with E-state index < -0.39 is 10.3 Å². The molecule has 8 heteroatoms. The van der Waals surface area contributed by atoms with E-state index >= 15 is 0 Å². The van der Waals surface area contributed by atoms with E-state index in [2.05, 4.69) is 31.9 Å². The lowest BCUT2D eigenvalue weighted by atomic mass is 10.2. The van der Waals surface area contributed by atoms with Gasteiger partial charge < -0.3 is 4.18 Å². The number of alkyl halides is 1. The van der Waals surface area contributed by atoms with Gasteiger partial charge in [0.05, 0.1) is 8.95 Å². The normalized spacial score (nSPS) is 11.9. The maximum absolute atomic E-state index is 11.6. The van der Waals surface area contributed by atoms with Gasteiger partial charge in [-0.05, 0) is 49.6 Å². The third-order valence-corrected chi connectivity index (χ3v) is 4.61. The molecule has 1 aromatic rings. The number of halogens is 3. The van der Waals surface area contributed by atoms with Crippen molar-refractivity contribution in [3.8, 4) is 5.75 Å². The molecule has 0 aliphatic carbocycles. The van der Waals surface area contributed by atoms with Gasteiger partial charge in [0.1, 0.15) is 0 Å². The second-order valence-corrected chi connectivity index (χ2v) is 7.07. The molecule has 0 amide bonds. The molecule has 0 saturated carbocycles. The van der Waals surface area contributed by atoms with Crippen molar-refractivity contribution in [2.75, 3.05) is 14.1 Å². The summed E-state index contributed by atoms with van der Waals surface area (Å²) in [4.78, 5) is 0. The molecule has 0 atom stereocenters. The molecule has 96 valence electrons. The summed E-state index contributed by atoms with van der Waals surface area (Å²) >= 11 is 12.2. The quantitative estimate of drug-likeness (QED) is 0.721. The first-order chi connectivity index (χ1) is 7.77. The van der Waals surface area contributed by atoms with Crippen molar-refractivity contribution in [1.29, 1.82) is 0 Å². The lowest BCUT2D eigenvalue weighted by Gasteiger charge is -2.14. The van der Waals surface area contributed by atoms with Gasteiger partial charge in [-0.3, -0.25) is 0 Å². The zero-order valence-corrected chi connectivity index (χ0v) is 13.8. The van der Waals surface area contributed by atoms with Crippen LogP contribution in [-0.2, 0) is 16.2 Å². The van der Waals surface area contributed by atoms with Gasteiger partial charge in [-0.15, -0.1) is 11.6 Å². The first kappa shape index (κ1) is 15.2. The largest absolute Gasteiger partial charge is 0.384 e. The zero-order chi connectivity index (χ0) is 13.2. The van der Waals surface area contributed by atoms with Gasteiger partial charge in [0.15, 0.2) is 5.75 Å². The van der Waals surface area contributed by atoms with Crippen LogP contribution in [0.5, 0.6) is 5.75 Å². The van der Waals surface area contributed by atoms with E-state index in [1.807, 2.05) is 0 Å². The highest BCUT2D eigenvalue weighted by Gasteiger charge is 2.20. The van der Waals surface area contributed by atoms with Crippen LogP contribution in [0, 0.1) is 0 Å². The van der Waals surface area contributed by atoms with Crippen molar-refractivity contribution < 1.29 is 12.6 Å². The summed E-state index contributed by atoms with van der Waals surface area (Å²) in [7, 11) is -0.989. The summed E-state index contributed by atoms with van der Waals surface area (Å²) in [6.45, 7) is 0. The van der Waals surface area contributed by atoms with Crippen LogP contribution in [-0.4, -0.2) is 26.8 Å². The number of hydrogen-bond acceptors (Lipinski definition) is 3. The van der Waals surface area contributed by atoms with Crippen molar-refractivity contribution >= 4 is 53.8 Å². The first-order valence-corrected chi connectivity index (χ1v) is 7.92. The predicted molar refractivity (Wildman–Crippen MR) is 74.6 cm³/mol. The third-order valence-electron chi connectivity index (χ3n) is 1.85. The molecule has 0 radical (unpaired) electrons. The average Bonchev–Trinajstić information content (AvgIpc) is 2.22. The summed E-state index contributed by atoms with van der Waals surface area (Å²) in [5.41, 5.74) is 0.847. The molecule has 4 nitrogen and oxygen atoms in total. The first-order valence-electron chi connectivity index (χ1n) is 4.43. The smallest absolute Gasteiger partial charge is 0.368 e. The van der Waals surface area contributed by atoms with Crippen molar-refractivity contribution in [2.24, 2.45) is 0 Å². The Morgan fingerprint density at radius 3 is 2.12 bits per heavy atom. The van der Waals surface area contributed by atoms with Crippen LogP contribution in [0.15, 0.2) is 21.1 Å². The Hall–Kier alpha value is 0.180. The van der Waals surface area contributed by atoms with Gasteiger partial charge in [-0.25, -0.2) is 0 Å². The van der Waals surface area contributed by atoms with Gasteiger partial charge >= 0.3 is 10.3 Å². The lowest BCUT2D eigenvalue weighted by Crippen LogP contribution is -2.27. The Balaban J connectivity index is 3.17. The Kier molecular flexibility index (Phi) is 5.27. The molecule has 0 aromatic heterocycles. The second kappa shape index (κ2) is 5.88. The molecule has 0 unspecified atom stereocenters. The van der Waals surface area contributed by atoms with Gasteiger partial charge in [0, 0.05) is 20.0 Å². The Labute approximate surface area is 122 Å². The van der Waals surface area contributed by atoms with E-state index in [0.717, 1.165) is 9.87 Å². The van der Waals surface area contributed by atoms with Crippen LogP contribution in [0.4, 0.5) is 0 Å². The Morgan fingerprint density at radius 2 is 1.76 bits per heavy atom. The summed E-state index contributed by atoms with van der Waals surface area (Å²) < 4.78 is 30.2. The minimum atomic E-state index is -3.78. The molecule has 0 fully saturated rings. The van der Waals surface area contributed by atoms with Crippen LogP contribution < -0.4 is 4.18 Å². The molecule has 0 aliphatic rings. The van der Waals surface area contributed by atoms with Gasteiger partial charge in [0.25, 0.3) is 0 Å². The fourth-order valence-electron chi connectivity index (χ4n) is 0.949. The van der Waals surface area contributed by atoms with E-state index in [9.17, 15) is 8.42 Å². The molecule has 1 rings (SSSR count). The number of rotatable bonds is 4. The maximum Gasteiger partial charge on any atom is 0.384 e. The van der Waals surface area contributed by atoms with Gasteiger partial charge in [0.2, 0.25) is 0 Å². The number of hydrogen-bond donors (Lipinski definition) is 0. The third kappa shape index (κ3) is 3.82. The van der Waals surface area contributed by atoms with Crippen LogP contribution in [0.3, 0.4) is 0 Å². The van der Waals surface area contributed by atoms with E-state index in [1.165, 1.54) is 14.1 Å². The number of nitrogens with zero attached hydrogens (tertiary/aromatic N) is 1. The van der Waals surface area contributed by atoms with Crippen LogP contribution in [0.2, 0.25) is 0 Å². The standard InChI is InChI=1S/C9H10Br2ClNO3S/c1-13(2)17(14,15)16-9-7(10)3-6(5-12)4-8(9)11/h3-4H,5H2,1-2H3. The van der Waals surface area contributed by atoms with Crippen LogP contribution >= 0.6 is 43.5 Å². The summed E-state index contributed by atoms with van der Waals surface area (Å²) in [5, 5.41) is 0. The summed E-state index contributed by atoms with van der Waals surface area (Å²) in [6, 6.07) is 3.41. The van der Waals surface area contributed by atoms with E-state index in [1.54, 1.807) is 12.1 Å². The molecular formula is C9H10Br2ClNO3S. The highest BCUT2D eigenvalue weighted by molar-refractivity contribution is 9.11. The van der Waals surface area contributed by atoms with Crippen LogP contribution in [0.1, 0.15) is 5.56 Å². The van der Waals surface area contributed by atoms with Gasteiger partial charge in [-0.2, -0.15) is 12.7 Å². The molecule has 17 heavy (non-hydrogen) atoms. The monoisotopic (exact) mass is 405 g/mol. The molecule has 0 saturated heterocycles. The Morgan fingerprint density at radius 1 is 1.29 bits per heavy atom. The molecule has 0 aliphatic heterocycles. The second-order valence-electron chi connectivity index (χ2n) is 3.35. The van der Waals surface area contributed by atoms with Crippen molar-refractivity contribution in [2.45, 2.75) is 5.88 Å². The Bertz CT molecular complexity index is 496. The summed E-state index contributed by atoms with van der Waals surface area (Å²) in [5.74, 6) is 0.533. The topological polar surface area (TPSA) is 46.6 Å². The van der Waals surface area contributed by atoms with Gasteiger partial charge in [-0.1, -0.05) is 0 Å². The molecule has 0 bridgehead atoms. The summed E-state index contributed by atoms with van der Waals surface area (Å²) in [6.07, 6.45) is 0. The molecular weight excluding hydrogens is 397 g/mol.